The molecular weight excluding hydrogens is 270 g/mol. The summed E-state index contributed by atoms with van der Waals surface area (Å²) in [6.07, 6.45) is 0. The van der Waals surface area contributed by atoms with Gasteiger partial charge >= 0.3 is 5.97 Å². The highest BCUT2D eigenvalue weighted by molar-refractivity contribution is 5.94. The van der Waals surface area contributed by atoms with Gasteiger partial charge in [0, 0.05) is 12.1 Å². The molecule has 1 aromatic rings. The lowest BCUT2D eigenvalue weighted by atomic mass is 9.94. The second kappa shape index (κ2) is 7.11. The van der Waals surface area contributed by atoms with Crippen LogP contribution in [-0.2, 0) is 4.79 Å². The molecule has 0 heterocycles. The number of amides is 1. The first kappa shape index (κ1) is 17.0. The number of carbonyl (C=O) groups is 2. The van der Waals surface area contributed by atoms with Gasteiger partial charge in [0.1, 0.15) is 5.75 Å². The van der Waals surface area contributed by atoms with Crippen LogP contribution >= 0.6 is 0 Å². The lowest BCUT2D eigenvalue weighted by molar-refractivity contribution is -0.146. The van der Waals surface area contributed by atoms with Gasteiger partial charge in [0.05, 0.1) is 12.0 Å². The van der Waals surface area contributed by atoms with Crippen molar-refractivity contribution in [3.05, 3.63) is 29.8 Å². The lowest BCUT2D eigenvalue weighted by Gasteiger charge is -2.19. The van der Waals surface area contributed by atoms with Crippen LogP contribution in [0.4, 0.5) is 0 Å². The molecular formula is C16H23NO4. The van der Waals surface area contributed by atoms with E-state index in [0.29, 0.717) is 23.8 Å². The molecule has 1 aromatic carbocycles. The van der Waals surface area contributed by atoms with Gasteiger partial charge in [0.2, 0.25) is 0 Å². The first-order chi connectivity index (χ1) is 9.72. The van der Waals surface area contributed by atoms with E-state index >= 15 is 0 Å². The maximum atomic E-state index is 12.0. The van der Waals surface area contributed by atoms with Crippen LogP contribution in [0.3, 0.4) is 0 Å². The number of carboxylic acids is 1. The first-order valence-electron chi connectivity index (χ1n) is 6.97. The molecule has 116 valence electrons. The molecule has 0 saturated carbocycles. The predicted molar refractivity (Wildman–Crippen MR) is 80.5 cm³/mol. The molecule has 0 radical (unpaired) electrons. The number of rotatable bonds is 7. The second-order valence-corrected chi connectivity index (χ2v) is 6.10. The average molecular weight is 293 g/mol. The van der Waals surface area contributed by atoms with Crippen molar-refractivity contribution < 1.29 is 19.4 Å². The monoisotopic (exact) mass is 293 g/mol. The van der Waals surface area contributed by atoms with Crippen LogP contribution in [0.1, 0.15) is 38.1 Å². The summed E-state index contributed by atoms with van der Waals surface area (Å²) in [5.74, 6) is -0.219. The first-order valence-corrected chi connectivity index (χ1v) is 6.97. The molecule has 0 aliphatic heterocycles. The third kappa shape index (κ3) is 5.45. The Kier molecular flexibility index (Phi) is 5.76. The van der Waals surface area contributed by atoms with E-state index in [1.807, 2.05) is 13.8 Å². The van der Waals surface area contributed by atoms with Crippen molar-refractivity contribution >= 4 is 11.9 Å². The molecule has 1 rings (SSSR count). The summed E-state index contributed by atoms with van der Waals surface area (Å²) >= 11 is 0. The lowest BCUT2D eigenvalue weighted by Crippen LogP contribution is -2.38. The van der Waals surface area contributed by atoms with Gasteiger partial charge < -0.3 is 15.2 Å². The SMILES string of the molecule is CC(C)COc1cccc(C(=O)NCC(C)(C)C(=O)O)c1. The number of nitrogens with one attached hydrogen (secondary N) is 1. The predicted octanol–water partition coefficient (Wildman–Crippen LogP) is 2.56. The minimum Gasteiger partial charge on any atom is -0.493 e. The highest BCUT2D eigenvalue weighted by Gasteiger charge is 2.27. The van der Waals surface area contributed by atoms with Gasteiger partial charge in [-0.1, -0.05) is 19.9 Å². The van der Waals surface area contributed by atoms with Gasteiger partial charge in [-0.05, 0) is 38.0 Å². The van der Waals surface area contributed by atoms with Crippen LogP contribution in [-0.4, -0.2) is 30.1 Å². The van der Waals surface area contributed by atoms with Crippen LogP contribution in [0, 0.1) is 11.3 Å². The van der Waals surface area contributed by atoms with Gasteiger partial charge in [-0.15, -0.1) is 0 Å². The fourth-order valence-electron chi connectivity index (χ4n) is 1.47. The van der Waals surface area contributed by atoms with Crippen LogP contribution in [0.2, 0.25) is 0 Å². The van der Waals surface area contributed by atoms with E-state index in [1.54, 1.807) is 38.1 Å². The Morgan fingerprint density at radius 3 is 2.57 bits per heavy atom. The van der Waals surface area contributed by atoms with Crippen molar-refractivity contribution in [3.8, 4) is 5.75 Å². The number of aliphatic carboxylic acids is 1. The molecule has 0 spiro atoms. The highest BCUT2D eigenvalue weighted by Crippen LogP contribution is 2.16. The molecule has 0 aromatic heterocycles. The maximum absolute atomic E-state index is 12.0. The van der Waals surface area contributed by atoms with Crippen LogP contribution in [0.25, 0.3) is 0 Å². The van der Waals surface area contributed by atoms with E-state index in [9.17, 15) is 9.59 Å². The molecule has 0 saturated heterocycles. The third-order valence-corrected chi connectivity index (χ3v) is 2.95. The van der Waals surface area contributed by atoms with Crippen molar-refractivity contribution in [3.63, 3.8) is 0 Å². The van der Waals surface area contributed by atoms with E-state index in [4.69, 9.17) is 9.84 Å². The van der Waals surface area contributed by atoms with Crippen LogP contribution in [0.15, 0.2) is 24.3 Å². The van der Waals surface area contributed by atoms with E-state index in [2.05, 4.69) is 5.32 Å². The van der Waals surface area contributed by atoms with Gasteiger partial charge in [-0.25, -0.2) is 0 Å². The Morgan fingerprint density at radius 1 is 1.33 bits per heavy atom. The van der Waals surface area contributed by atoms with Crippen molar-refractivity contribution in [1.82, 2.24) is 5.32 Å². The Bertz CT molecular complexity index is 509. The molecule has 0 bridgehead atoms. The summed E-state index contributed by atoms with van der Waals surface area (Å²) in [7, 11) is 0. The molecule has 5 heteroatoms. The smallest absolute Gasteiger partial charge is 0.310 e. The standard InChI is InChI=1S/C16H23NO4/c1-11(2)9-21-13-7-5-6-12(8-13)14(18)17-10-16(3,4)15(19)20/h5-8,11H,9-10H2,1-4H3,(H,17,18)(H,19,20). The minimum absolute atomic E-state index is 0.0677. The molecule has 0 fully saturated rings. The molecule has 21 heavy (non-hydrogen) atoms. The van der Waals surface area contributed by atoms with Gasteiger partial charge in [-0.3, -0.25) is 9.59 Å². The fraction of sp³-hybridized carbons (Fsp3) is 0.500. The van der Waals surface area contributed by atoms with Crippen molar-refractivity contribution in [2.24, 2.45) is 11.3 Å². The second-order valence-electron chi connectivity index (χ2n) is 6.10. The van der Waals surface area contributed by atoms with Gasteiger partial charge in [0.15, 0.2) is 0 Å². The number of carbonyl (C=O) groups excluding carboxylic acids is 1. The van der Waals surface area contributed by atoms with Gasteiger partial charge in [0.25, 0.3) is 5.91 Å². The Hall–Kier alpha value is -2.04. The summed E-state index contributed by atoms with van der Waals surface area (Å²) in [5, 5.41) is 11.7. The largest absolute Gasteiger partial charge is 0.493 e. The zero-order chi connectivity index (χ0) is 16.0. The molecule has 0 aliphatic rings. The fourth-order valence-corrected chi connectivity index (χ4v) is 1.47. The normalized spacial score (nSPS) is 11.3. The summed E-state index contributed by atoms with van der Waals surface area (Å²) in [6, 6.07) is 6.87. The van der Waals surface area contributed by atoms with E-state index in [0.717, 1.165) is 0 Å². The number of carboxylic acid groups (broad SMARTS) is 1. The zero-order valence-corrected chi connectivity index (χ0v) is 13.0. The minimum atomic E-state index is -0.999. The summed E-state index contributed by atoms with van der Waals surface area (Å²) in [6.45, 7) is 7.88. The van der Waals surface area contributed by atoms with Crippen molar-refractivity contribution in [2.75, 3.05) is 13.2 Å². The van der Waals surface area contributed by atoms with Gasteiger partial charge in [-0.2, -0.15) is 0 Å². The molecule has 2 N–H and O–H groups in total. The van der Waals surface area contributed by atoms with Crippen molar-refractivity contribution in [1.29, 1.82) is 0 Å². The molecule has 0 atom stereocenters. The Morgan fingerprint density at radius 2 is 2.00 bits per heavy atom. The average Bonchev–Trinajstić information content (AvgIpc) is 2.42. The molecule has 0 unspecified atom stereocenters. The summed E-state index contributed by atoms with van der Waals surface area (Å²) in [4.78, 5) is 23.0. The Labute approximate surface area is 125 Å². The number of benzene rings is 1. The van der Waals surface area contributed by atoms with Crippen molar-refractivity contribution in [2.45, 2.75) is 27.7 Å². The summed E-state index contributed by atoms with van der Waals surface area (Å²) in [5.41, 5.74) is -0.543. The number of hydrogen-bond donors (Lipinski definition) is 2. The Balaban J connectivity index is 2.66. The van der Waals surface area contributed by atoms with E-state index in [1.165, 1.54) is 0 Å². The highest BCUT2D eigenvalue weighted by atomic mass is 16.5. The van der Waals surface area contributed by atoms with E-state index < -0.39 is 11.4 Å². The number of hydrogen-bond acceptors (Lipinski definition) is 3. The van der Waals surface area contributed by atoms with E-state index in [-0.39, 0.29) is 12.5 Å². The molecule has 0 aliphatic carbocycles. The maximum Gasteiger partial charge on any atom is 0.310 e. The van der Waals surface area contributed by atoms with Crippen LogP contribution in [0.5, 0.6) is 5.75 Å². The zero-order valence-electron chi connectivity index (χ0n) is 13.0. The quantitative estimate of drug-likeness (QED) is 0.810. The molecule has 1 amide bonds. The summed E-state index contributed by atoms with van der Waals surface area (Å²) < 4.78 is 5.57. The van der Waals surface area contributed by atoms with Crippen LogP contribution < -0.4 is 10.1 Å². The topological polar surface area (TPSA) is 75.6 Å². The number of ether oxygens (including phenoxy) is 1. The third-order valence-electron chi connectivity index (χ3n) is 2.95. The molecule has 5 nitrogen and oxygen atoms in total.